The Morgan fingerprint density at radius 3 is 2.65 bits per heavy atom. The molecule has 6 nitrogen and oxygen atoms in total. The molecule has 0 spiro atoms. The summed E-state index contributed by atoms with van der Waals surface area (Å²) in [6.45, 7) is 1.62. The van der Waals surface area contributed by atoms with E-state index in [1.165, 1.54) is 22.9 Å². The number of aryl methyl sites for hydroxylation is 1. The van der Waals surface area contributed by atoms with E-state index < -0.39 is 17.2 Å². The van der Waals surface area contributed by atoms with E-state index in [0.29, 0.717) is 22.2 Å². The number of amides is 1. The summed E-state index contributed by atoms with van der Waals surface area (Å²) in [6.07, 6.45) is 4.45. The van der Waals surface area contributed by atoms with Crippen LogP contribution in [0, 0.1) is 12.7 Å². The van der Waals surface area contributed by atoms with Crippen molar-refractivity contribution < 1.29 is 13.9 Å². The maximum Gasteiger partial charge on any atom is 0.280 e. The van der Waals surface area contributed by atoms with Crippen LogP contribution < -0.4 is 15.5 Å². The summed E-state index contributed by atoms with van der Waals surface area (Å²) in [5.41, 5.74) is 0.0349. The Labute approximate surface area is 183 Å². The van der Waals surface area contributed by atoms with E-state index in [-0.39, 0.29) is 17.5 Å². The average Bonchev–Trinajstić information content (AvgIpc) is 3.24. The predicted molar refractivity (Wildman–Crippen MR) is 117 cm³/mol. The normalized spacial score (nSPS) is 13.9. The fraction of sp³-hybridized carbons (Fsp3) is 0.261. The molecule has 1 heterocycles. The third-order valence-electron chi connectivity index (χ3n) is 5.19. The lowest BCUT2D eigenvalue weighted by Gasteiger charge is -2.15. The molecule has 1 fully saturated rings. The number of anilines is 1. The number of hydrogen-bond donors (Lipinski definition) is 1. The number of carbonyl (C=O) groups is 1. The second-order valence-electron chi connectivity index (χ2n) is 7.49. The number of rotatable bonds is 5. The molecule has 1 amide bonds. The lowest BCUT2D eigenvalue weighted by molar-refractivity contribution is 0.101. The van der Waals surface area contributed by atoms with Gasteiger partial charge in [-0.15, -0.1) is 0 Å². The standard InChI is InChI=1S/C23H21ClFN3O3/c1-14-12-20(29)22(27-28(14)19-9-5-4-8-18(19)25)23(30)26-15-10-11-21(17(24)13-15)31-16-6-2-3-7-16/h4-5,8-13,16H,2-3,6-7H2,1H3,(H,26,30). The van der Waals surface area contributed by atoms with Crippen molar-refractivity contribution in [3.05, 3.63) is 81.0 Å². The minimum Gasteiger partial charge on any atom is -0.489 e. The van der Waals surface area contributed by atoms with Crippen molar-refractivity contribution in [2.24, 2.45) is 0 Å². The molecule has 2 aromatic carbocycles. The minimum atomic E-state index is -0.712. The van der Waals surface area contributed by atoms with Gasteiger partial charge in [-0.25, -0.2) is 9.07 Å². The van der Waals surface area contributed by atoms with E-state index in [0.717, 1.165) is 25.7 Å². The third-order valence-corrected chi connectivity index (χ3v) is 5.48. The van der Waals surface area contributed by atoms with E-state index in [1.807, 2.05) is 0 Å². The summed E-state index contributed by atoms with van der Waals surface area (Å²) < 4.78 is 21.3. The fourth-order valence-electron chi connectivity index (χ4n) is 3.62. The second kappa shape index (κ2) is 8.89. The van der Waals surface area contributed by atoms with Gasteiger partial charge in [-0.3, -0.25) is 9.59 Å². The quantitative estimate of drug-likeness (QED) is 0.610. The summed E-state index contributed by atoms with van der Waals surface area (Å²) >= 11 is 6.31. The molecular formula is C23H21ClFN3O3. The van der Waals surface area contributed by atoms with Gasteiger partial charge in [0, 0.05) is 17.4 Å². The lowest BCUT2D eigenvalue weighted by Crippen LogP contribution is -2.27. The van der Waals surface area contributed by atoms with Crippen LogP contribution in [0.4, 0.5) is 10.1 Å². The molecule has 0 bridgehead atoms. The van der Waals surface area contributed by atoms with Crippen molar-refractivity contribution in [1.82, 2.24) is 9.78 Å². The largest absolute Gasteiger partial charge is 0.489 e. The van der Waals surface area contributed by atoms with Gasteiger partial charge in [-0.05, 0) is 62.9 Å². The molecule has 160 valence electrons. The van der Waals surface area contributed by atoms with E-state index in [1.54, 1.807) is 37.3 Å². The number of para-hydroxylation sites is 1. The SMILES string of the molecule is Cc1cc(=O)c(C(=O)Nc2ccc(OC3CCCC3)c(Cl)c2)nn1-c1ccccc1F. The van der Waals surface area contributed by atoms with Gasteiger partial charge in [0.1, 0.15) is 17.3 Å². The van der Waals surface area contributed by atoms with Crippen LogP contribution in [-0.2, 0) is 0 Å². The molecule has 1 N–H and O–H groups in total. The average molecular weight is 442 g/mol. The highest BCUT2D eigenvalue weighted by Crippen LogP contribution is 2.31. The van der Waals surface area contributed by atoms with Crippen molar-refractivity contribution >= 4 is 23.2 Å². The van der Waals surface area contributed by atoms with Crippen molar-refractivity contribution in [2.45, 2.75) is 38.7 Å². The molecule has 0 unspecified atom stereocenters. The number of aromatic nitrogens is 2. The second-order valence-corrected chi connectivity index (χ2v) is 7.89. The number of hydrogen-bond acceptors (Lipinski definition) is 4. The number of halogens is 2. The first-order chi connectivity index (χ1) is 14.9. The number of nitrogens with zero attached hydrogens (tertiary/aromatic N) is 2. The Balaban J connectivity index is 1.57. The minimum absolute atomic E-state index is 0.144. The Morgan fingerprint density at radius 2 is 1.94 bits per heavy atom. The van der Waals surface area contributed by atoms with Crippen LogP contribution in [0.25, 0.3) is 5.69 Å². The van der Waals surface area contributed by atoms with E-state index >= 15 is 0 Å². The highest BCUT2D eigenvalue weighted by Gasteiger charge is 2.19. The van der Waals surface area contributed by atoms with Crippen LogP contribution in [0.15, 0.2) is 53.3 Å². The van der Waals surface area contributed by atoms with Crippen LogP contribution in [0.3, 0.4) is 0 Å². The van der Waals surface area contributed by atoms with Crippen molar-refractivity contribution in [3.8, 4) is 11.4 Å². The number of carbonyl (C=O) groups excluding carboxylic acids is 1. The van der Waals surface area contributed by atoms with Crippen molar-refractivity contribution in [3.63, 3.8) is 0 Å². The summed E-state index contributed by atoms with van der Waals surface area (Å²) in [5, 5.41) is 7.09. The molecule has 0 radical (unpaired) electrons. The van der Waals surface area contributed by atoms with Gasteiger partial charge >= 0.3 is 0 Å². The monoisotopic (exact) mass is 441 g/mol. The molecule has 1 saturated carbocycles. The fourth-order valence-corrected chi connectivity index (χ4v) is 3.85. The summed E-state index contributed by atoms with van der Waals surface area (Å²) in [5.74, 6) is -0.671. The van der Waals surface area contributed by atoms with Crippen LogP contribution in [-0.4, -0.2) is 21.8 Å². The van der Waals surface area contributed by atoms with Gasteiger partial charge < -0.3 is 10.1 Å². The first kappa shape index (κ1) is 21.1. The molecule has 0 aliphatic heterocycles. The molecule has 4 rings (SSSR count). The van der Waals surface area contributed by atoms with Crippen molar-refractivity contribution in [2.75, 3.05) is 5.32 Å². The number of benzene rings is 2. The summed E-state index contributed by atoms with van der Waals surface area (Å²) in [7, 11) is 0. The highest BCUT2D eigenvalue weighted by molar-refractivity contribution is 6.32. The molecule has 1 aliphatic carbocycles. The zero-order valence-corrected chi connectivity index (χ0v) is 17.7. The molecular weight excluding hydrogens is 421 g/mol. The highest BCUT2D eigenvalue weighted by atomic mass is 35.5. The van der Waals surface area contributed by atoms with Crippen LogP contribution >= 0.6 is 11.6 Å². The van der Waals surface area contributed by atoms with Gasteiger partial charge in [-0.2, -0.15) is 5.10 Å². The zero-order valence-electron chi connectivity index (χ0n) is 16.9. The summed E-state index contributed by atoms with van der Waals surface area (Å²) in [4.78, 5) is 25.1. The molecule has 3 aromatic rings. The van der Waals surface area contributed by atoms with E-state index in [2.05, 4.69) is 10.4 Å². The first-order valence-corrected chi connectivity index (χ1v) is 10.4. The molecule has 1 aliphatic rings. The maximum absolute atomic E-state index is 14.2. The molecule has 8 heteroatoms. The van der Waals surface area contributed by atoms with Crippen LogP contribution in [0.2, 0.25) is 5.02 Å². The Bertz CT molecular complexity index is 1190. The van der Waals surface area contributed by atoms with Crippen LogP contribution in [0.1, 0.15) is 41.9 Å². The Hall–Kier alpha value is -3.19. The number of nitrogens with one attached hydrogen (secondary N) is 1. The molecule has 1 aromatic heterocycles. The predicted octanol–water partition coefficient (Wildman–Crippen LogP) is 4.91. The smallest absolute Gasteiger partial charge is 0.280 e. The Kier molecular flexibility index (Phi) is 6.04. The maximum atomic E-state index is 14.2. The van der Waals surface area contributed by atoms with Gasteiger partial charge in [0.25, 0.3) is 5.91 Å². The first-order valence-electron chi connectivity index (χ1n) is 10.1. The lowest BCUT2D eigenvalue weighted by atomic mass is 10.2. The zero-order chi connectivity index (χ0) is 22.0. The topological polar surface area (TPSA) is 73.2 Å². The third kappa shape index (κ3) is 4.61. The summed E-state index contributed by atoms with van der Waals surface area (Å²) in [6, 6.07) is 12.2. The van der Waals surface area contributed by atoms with Gasteiger partial charge in [-0.1, -0.05) is 23.7 Å². The van der Waals surface area contributed by atoms with Gasteiger partial charge in [0.15, 0.2) is 5.69 Å². The molecule has 31 heavy (non-hydrogen) atoms. The molecule has 0 atom stereocenters. The van der Waals surface area contributed by atoms with Gasteiger partial charge in [0.2, 0.25) is 5.43 Å². The van der Waals surface area contributed by atoms with Gasteiger partial charge in [0.05, 0.1) is 11.1 Å². The van der Waals surface area contributed by atoms with Crippen LogP contribution in [0.5, 0.6) is 5.75 Å². The Morgan fingerprint density at radius 1 is 1.19 bits per heavy atom. The van der Waals surface area contributed by atoms with Crippen molar-refractivity contribution in [1.29, 1.82) is 0 Å². The van der Waals surface area contributed by atoms with E-state index in [9.17, 15) is 14.0 Å². The van der Waals surface area contributed by atoms with E-state index in [4.69, 9.17) is 16.3 Å². The molecule has 0 saturated heterocycles. The number of ether oxygens (including phenoxy) is 1.